The molecule has 1 atom stereocenters. The summed E-state index contributed by atoms with van der Waals surface area (Å²) < 4.78 is 38.6. The Morgan fingerprint density at radius 1 is 1.30 bits per heavy atom. The first-order chi connectivity index (χ1) is 9.32. The van der Waals surface area contributed by atoms with Crippen LogP contribution in [0.4, 0.5) is 13.2 Å². The third-order valence-electron chi connectivity index (χ3n) is 2.89. The van der Waals surface area contributed by atoms with Gasteiger partial charge in [0.25, 0.3) is 5.91 Å². The minimum absolute atomic E-state index is 0.0714. The predicted molar refractivity (Wildman–Crippen MR) is 66.4 cm³/mol. The third-order valence-corrected chi connectivity index (χ3v) is 3.90. The Balaban J connectivity index is 2.37. The fourth-order valence-corrected chi connectivity index (χ4v) is 3.06. The zero-order chi connectivity index (χ0) is 14.9. The Kier molecular flexibility index (Phi) is 3.94. The molecule has 4 nitrogen and oxygen atoms in total. The number of halogens is 3. The van der Waals surface area contributed by atoms with Crippen LogP contribution in [-0.2, 0) is 11.0 Å². The molecule has 1 aliphatic heterocycles. The molecule has 20 heavy (non-hydrogen) atoms. The van der Waals surface area contributed by atoms with Crippen LogP contribution in [0.5, 0.6) is 0 Å². The van der Waals surface area contributed by atoms with E-state index >= 15 is 0 Å². The molecule has 1 fully saturated rings. The summed E-state index contributed by atoms with van der Waals surface area (Å²) in [5.74, 6) is -1.87. The summed E-state index contributed by atoms with van der Waals surface area (Å²) in [7, 11) is 0. The molecule has 1 aromatic rings. The second kappa shape index (κ2) is 5.35. The number of amides is 1. The van der Waals surface area contributed by atoms with Gasteiger partial charge in [0.2, 0.25) is 0 Å². The van der Waals surface area contributed by atoms with E-state index in [0.29, 0.717) is 0 Å². The van der Waals surface area contributed by atoms with E-state index in [0.717, 1.165) is 17.0 Å². The maximum Gasteiger partial charge on any atom is 0.417 e. The Morgan fingerprint density at radius 3 is 2.55 bits per heavy atom. The van der Waals surface area contributed by atoms with Crippen LogP contribution in [0.1, 0.15) is 15.9 Å². The van der Waals surface area contributed by atoms with Gasteiger partial charge in [0.15, 0.2) is 0 Å². The number of nitrogens with zero attached hydrogens (tertiary/aromatic N) is 1. The summed E-state index contributed by atoms with van der Waals surface area (Å²) >= 11 is 1.20. The van der Waals surface area contributed by atoms with Crippen molar-refractivity contribution in [2.45, 2.75) is 12.2 Å². The van der Waals surface area contributed by atoms with Gasteiger partial charge in [0, 0.05) is 5.75 Å². The number of carboxylic acids is 1. The number of benzene rings is 1. The summed E-state index contributed by atoms with van der Waals surface area (Å²) in [5, 5.41) is 8.98. The molecule has 1 aromatic carbocycles. The first-order valence-electron chi connectivity index (χ1n) is 5.60. The average molecular weight is 305 g/mol. The van der Waals surface area contributed by atoms with E-state index in [4.69, 9.17) is 5.11 Å². The molecule has 1 unspecified atom stereocenters. The molecular formula is C12H10F3NO3S. The molecule has 108 valence electrons. The van der Waals surface area contributed by atoms with Crippen molar-refractivity contribution in [1.82, 2.24) is 4.90 Å². The van der Waals surface area contributed by atoms with E-state index in [1.165, 1.54) is 23.9 Å². The average Bonchev–Trinajstić information content (AvgIpc) is 2.86. The zero-order valence-electron chi connectivity index (χ0n) is 10.1. The van der Waals surface area contributed by atoms with Crippen molar-refractivity contribution < 1.29 is 27.9 Å². The molecule has 0 bridgehead atoms. The lowest BCUT2D eigenvalue weighted by Crippen LogP contribution is -2.42. The number of hydrogen-bond donors (Lipinski definition) is 1. The van der Waals surface area contributed by atoms with Crippen LogP contribution in [0.25, 0.3) is 0 Å². The normalized spacial score (nSPS) is 19.1. The third kappa shape index (κ3) is 2.74. The summed E-state index contributed by atoms with van der Waals surface area (Å²) in [5.41, 5.74) is -1.57. The highest BCUT2D eigenvalue weighted by molar-refractivity contribution is 7.99. The van der Waals surface area contributed by atoms with Crippen LogP contribution < -0.4 is 0 Å². The lowest BCUT2D eigenvalue weighted by molar-refractivity contribution is -0.140. The molecule has 1 aliphatic rings. The smallest absolute Gasteiger partial charge is 0.417 e. The molecule has 0 radical (unpaired) electrons. The summed E-state index contributed by atoms with van der Waals surface area (Å²) in [4.78, 5) is 24.1. The maximum atomic E-state index is 12.9. The zero-order valence-corrected chi connectivity index (χ0v) is 10.9. The Bertz CT molecular complexity index is 547. The van der Waals surface area contributed by atoms with Crippen LogP contribution in [0.2, 0.25) is 0 Å². The van der Waals surface area contributed by atoms with Crippen LogP contribution in [0.3, 0.4) is 0 Å². The van der Waals surface area contributed by atoms with Crippen molar-refractivity contribution in [3.05, 3.63) is 35.4 Å². The number of alkyl halides is 3. The van der Waals surface area contributed by atoms with Crippen molar-refractivity contribution in [2.24, 2.45) is 0 Å². The standard InChI is InChI=1S/C12H10F3NO3S/c13-12(14,15)8-4-2-1-3-7(8)10(17)16-6-20-5-9(16)11(18)19/h1-4,9H,5-6H2,(H,18,19). The summed E-state index contributed by atoms with van der Waals surface area (Å²) in [6.45, 7) is 0. The molecule has 0 spiro atoms. The van der Waals surface area contributed by atoms with Gasteiger partial charge in [-0.15, -0.1) is 11.8 Å². The number of hydrogen-bond acceptors (Lipinski definition) is 3. The summed E-state index contributed by atoms with van der Waals surface area (Å²) in [6, 6.07) is 3.29. The lowest BCUT2D eigenvalue weighted by Gasteiger charge is -2.22. The van der Waals surface area contributed by atoms with Crippen LogP contribution in [-0.4, -0.2) is 39.6 Å². The van der Waals surface area contributed by atoms with Crippen molar-refractivity contribution in [3.63, 3.8) is 0 Å². The van der Waals surface area contributed by atoms with Gasteiger partial charge >= 0.3 is 12.1 Å². The number of rotatable bonds is 2. The highest BCUT2D eigenvalue weighted by Gasteiger charge is 2.40. The van der Waals surface area contributed by atoms with Crippen molar-refractivity contribution in [1.29, 1.82) is 0 Å². The van der Waals surface area contributed by atoms with Gasteiger partial charge in [0.05, 0.1) is 17.0 Å². The van der Waals surface area contributed by atoms with Crippen molar-refractivity contribution in [3.8, 4) is 0 Å². The van der Waals surface area contributed by atoms with Crippen molar-refractivity contribution in [2.75, 3.05) is 11.6 Å². The van der Waals surface area contributed by atoms with Gasteiger partial charge in [0.1, 0.15) is 6.04 Å². The molecule has 1 heterocycles. The fourth-order valence-electron chi connectivity index (χ4n) is 1.92. The van der Waals surface area contributed by atoms with E-state index in [2.05, 4.69) is 0 Å². The van der Waals surface area contributed by atoms with Gasteiger partial charge < -0.3 is 10.0 Å². The minimum Gasteiger partial charge on any atom is -0.480 e. The number of thioether (sulfide) groups is 1. The molecule has 1 saturated heterocycles. The molecule has 2 rings (SSSR count). The molecule has 0 aliphatic carbocycles. The number of aliphatic carboxylic acids is 1. The largest absolute Gasteiger partial charge is 0.480 e. The second-order valence-electron chi connectivity index (χ2n) is 4.17. The van der Waals surface area contributed by atoms with Gasteiger partial charge in [-0.05, 0) is 12.1 Å². The number of carbonyl (C=O) groups excluding carboxylic acids is 1. The van der Waals surface area contributed by atoms with Gasteiger partial charge in [-0.25, -0.2) is 4.79 Å². The molecule has 1 N–H and O–H groups in total. The number of carbonyl (C=O) groups is 2. The van der Waals surface area contributed by atoms with E-state index < -0.39 is 35.2 Å². The van der Waals surface area contributed by atoms with Crippen LogP contribution >= 0.6 is 11.8 Å². The monoisotopic (exact) mass is 305 g/mol. The second-order valence-corrected chi connectivity index (χ2v) is 5.17. The lowest BCUT2D eigenvalue weighted by atomic mass is 10.1. The van der Waals surface area contributed by atoms with Crippen LogP contribution in [0.15, 0.2) is 24.3 Å². The Hall–Kier alpha value is -1.70. The van der Waals surface area contributed by atoms with Gasteiger partial charge in [-0.3, -0.25) is 4.79 Å². The van der Waals surface area contributed by atoms with Crippen LogP contribution in [0, 0.1) is 0 Å². The SMILES string of the molecule is O=C(O)C1CSCN1C(=O)c1ccccc1C(F)(F)F. The van der Waals surface area contributed by atoms with E-state index in [9.17, 15) is 22.8 Å². The predicted octanol–water partition coefficient (Wildman–Crippen LogP) is 2.31. The van der Waals surface area contributed by atoms with Gasteiger partial charge in [-0.1, -0.05) is 12.1 Å². The van der Waals surface area contributed by atoms with Crippen molar-refractivity contribution >= 4 is 23.6 Å². The molecule has 8 heteroatoms. The fraction of sp³-hybridized carbons (Fsp3) is 0.333. The first kappa shape index (κ1) is 14.7. The highest BCUT2D eigenvalue weighted by Crippen LogP contribution is 2.33. The molecule has 0 aromatic heterocycles. The molecular weight excluding hydrogens is 295 g/mol. The van der Waals surface area contributed by atoms with E-state index in [1.807, 2.05) is 0 Å². The molecule has 0 saturated carbocycles. The molecule has 1 amide bonds. The Labute approximate surface area is 116 Å². The first-order valence-corrected chi connectivity index (χ1v) is 6.75. The topological polar surface area (TPSA) is 57.6 Å². The Morgan fingerprint density at radius 2 is 1.95 bits per heavy atom. The summed E-state index contributed by atoms with van der Waals surface area (Å²) in [6.07, 6.45) is -4.65. The van der Waals surface area contributed by atoms with Gasteiger partial charge in [-0.2, -0.15) is 13.2 Å². The minimum atomic E-state index is -4.65. The maximum absolute atomic E-state index is 12.9. The quantitative estimate of drug-likeness (QED) is 0.911. The number of carboxylic acid groups (broad SMARTS) is 1. The highest BCUT2D eigenvalue weighted by atomic mass is 32.2. The van der Waals surface area contributed by atoms with E-state index in [1.54, 1.807) is 0 Å². The van der Waals surface area contributed by atoms with E-state index in [-0.39, 0.29) is 11.6 Å².